The zero-order valence-corrected chi connectivity index (χ0v) is 18.0. The minimum absolute atomic E-state index is 0.0957. The van der Waals surface area contributed by atoms with Gasteiger partial charge in [0.05, 0.1) is 21.9 Å². The van der Waals surface area contributed by atoms with E-state index in [1.165, 1.54) is 17.5 Å². The Morgan fingerprint density at radius 1 is 1.17 bits per heavy atom. The smallest absolute Gasteiger partial charge is 0.351 e. The maximum Gasteiger partial charge on any atom is 0.420 e. The van der Waals surface area contributed by atoms with Crippen LogP contribution >= 0.6 is 23.3 Å². The van der Waals surface area contributed by atoms with Crippen molar-refractivity contribution in [1.29, 1.82) is 0 Å². The topological polar surface area (TPSA) is 71.8 Å². The molecule has 12 heteroatoms. The van der Waals surface area contributed by atoms with E-state index in [1.807, 2.05) is 17.8 Å². The first-order chi connectivity index (χ1) is 14.3. The number of nitrogens with zero attached hydrogens (tertiary/aromatic N) is 6. The molecule has 3 aromatic heterocycles. The third kappa shape index (κ3) is 4.93. The summed E-state index contributed by atoms with van der Waals surface area (Å²) in [6.45, 7) is 3.42. The molecule has 1 fully saturated rings. The summed E-state index contributed by atoms with van der Waals surface area (Å²) in [5.74, 6) is 0.208. The molecule has 0 bridgehead atoms. The van der Waals surface area contributed by atoms with Crippen molar-refractivity contribution in [1.82, 2.24) is 28.8 Å². The summed E-state index contributed by atoms with van der Waals surface area (Å²) in [6, 6.07) is 0.0957. The minimum Gasteiger partial charge on any atom is -0.351 e. The first-order valence-corrected chi connectivity index (χ1v) is 10.9. The van der Waals surface area contributed by atoms with Gasteiger partial charge in [0.1, 0.15) is 10.6 Å². The average molecular weight is 456 g/mol. The third-order valence-electron chi connectivity index (χ3n) is 4.64. The van der Waals surface area contributed by atoms with Gasteiger partial charge < -0.3 is 9.88 Å². The van der Waals surface area contributed by atoms with Crippen LogP contribution in [0, 0.1) is 6.92 Å². The fourth-order valence-corrected chi connectivity index (χ4v) is 4.91. The van der Waals surface area contributed by atoms with Crippen LogP contribution in [0.3, 0.4) is 0 Å². The summed E-state index contributed by atoms with van der Waals surface area (Å²) in [5.41, 5.74) is -0.980. The lowest BCUT2D eigenvalue weighted by atomic mass is 10.1. The molecule has 0 spiro atoms. The van der Waals surface area contributed by atoms with Crippen LogP contribution < -0.4 is 5.32 Å². The maximum atomic E-state index is 13.4. The van der Waals surface area contributed by atoms with Crippen molar-refractivity contribution in [2.75, 3.05) is 18.4 Å². The van der Waals surface area contributed by atoms with Gasteiger partial charge in [0.25, 0.3) is 0 Å². The molecule has 0 unspecified atom stereocenters. The van der Waals surface area contributed by atoms with Gasteiger partial charge in [0.15, 0.2) is 0 Å². The van der Waals surface area contributed by atoms with Crippen molar-refractivity contribution in [3.05, 3.63) is 35.5 Å². The molecule has 3 aromatic rings. The SMILES string of the molecule is Cc1ncc(-c2nc(NC3CCN(Sc4cn(C)cn4)CC3)ncc2C(F)(F)F)s1. The highest BCUT2D eigenvalue weighted by atomic mass is 32.2. The van der Waals surface area contributed by atoms with Gasteiger partial charge in [0, 0.05) is 44.8 Å². The van der Waals surface area contributed by atoms with Gasteiger partial charge in [-0.1, -0.05) is 0 Å². The molecule has 30 heavy (non-hydrogen) atoms. The standard InChI is InChI=1S/C18H20F3N7S2/c1-11-22-8-14(29-11)16-13(18(19,20)21)7-23-17(26-16)25-12-3-5-28(6-4-12)30-15-9-27(2)10-24-15/h7-10,12H,3-6H2,1-2H3,(H,23,25,26). The van der Waals surface area contributed by atoms with E-state index in [-0.39, 0.29) is 17.7 Å². The quantitative estimate of drug-likeness (QED) is 0.577. The van der Waals surface area contributed by atoms with Crippen molar-refractivity contribution in [2.45, 2.75) is 37.0 Å². The molecule has 160 valence electrons. The average Bonchev–Trinajstić information content (AvgIpc) is 3.30. The van der Waals surface area contributed by atoms with Crippen LogP contribution in [0.25, 0.3) is 10.6 Å². The Hall–Kier alpha value is -2.18. The first-order valence-electron chi connectivity index (χ1n) is 9.32. The molecule has 0 atom stereocenters. The highest BCUT2D eigenvalue weighted by Gasteiger charge is 2.36. The van der Waals surface area contributed by atoms with E-state index in [9.17, 15) is 13.2 Å². The Kier molecular flexibility index (Phi) is 5.98. The Labute approximate surface area is 179 Å². The van der Waals surface area contributed by atoms with Crippen LogP contribution in [0.4, 0.5) is 19.1 Å². The summed E-state index contributed by atoms with van der Waals surface area (Å²) >= 11 is 2.79. The summed E-state index contributed by atoms with van der Waals surface area (Å²) < 4.78 is 44.4. The Balaban J connectivity index is 1.44. The number of aryl methyl sites for hydroxylation is 2. The van der Waals surface area contributed by atoms with Crippen molar-refractivity contribution < 1.29 is 13.2 Å². The third-order valence-corrected chi connectivity index (χ3v) is 6.58. The Bertz CT molecular complexity index is 1010. The molecule has 1 saturated heterocycles. The molecule has 0 amide bonds. The van der Waals surface area contributed by atoms with Crippen LogP contribution in [0.1, 0.15) is 23.4 Å². The van der Waals surface area contributed by atoms with E-state index in [0.717, 1.165) is 37.2 Å². The van der Waals surface area contributed by atoms with E-state index in [1.54, 1.807) is 25.2 Å². The molecule has 4 heterocycles. The number of hydrogen-bond acceptors (Lipinski definition) is 8. The van der Waals surface area contributed by atoms with Crippen LogP contribution in [-0.4, -0.2) is 47.9 Å². The molecule has 0 aromatic carbocycles. The van der Waals surface area contributed by atoms with Gasteiger partial charge in [-0.05, 0) is 31.7 Å². The zero-order chi connectivity index (χ0) is 21.3. The molecule has 1 aliphatic rings. The van der Waals surface area contributed by atoms with Gasteiger partial charge in [-0.15, -0.1) is 11.3 Å². The largest absolute Gasteiger partial charge is 0.420 e. The number of nitrogens with one attached hydrogen (secondary N) is 1. The number of halogens is 3. The van der Waals surface area contributed by atoms with Crippen molar-refractivity contribution in [2.24, 2.45) is 7.05 Å². The van der Waals surface area contributed by atoms with Gasteiger partial charge >= 0.3 is 6.18 Å². The molecule has 0 saturated carbocycles. The zero-order valence-electron chi connectivity index (χ0n) is 16.3. The van der Waals surface area contributed by atoms with E-state index >= 15 is 0 Å². The minimum atomic E-state index is -4.53. The van der Waals surface area contributed by atoms with E-state index in [4.69, 9.17) is 0 Å². The van der Waals surface area contributed by atoms with Crippen molar-refractivity contribution in [3.63, 3.8) is 0 Å². The van der Waals surface area contributed by atoms with Gasteiger partial charge in [-0.3, -0.25) is 0 Å². The summed E-state index contributed by atoms with van der Waals surface area (Å²) in [5, 5.41) is 4.83. The Morgan fingerprint density at radius 3 is 2.53 bits per heavy atom. The predicted octanol–water partition coefficient (Wildman–Crippen LogP) is 4.24. The molecular formula is C18H20F3N7S2. The highest BCUT2D eigenvalue weighted by Crippen LogP contribution is 2.38. The van der Waals surface area contributed by atoms with Gasteiger partial charge in [-0.25, -0.2) is 24.2 Å². The first kappa shape index (κ1) is 21.1. The van der Waals surface area contributed by atoms with E-state index in [2.05, 4.69) is 29.6 Å². The van der Waals surface area contributed by atoms with Crippen LogP contribution in [0.2, 0.25) is 0 Å². The highest BCUT2D eigenvalue weighted by molar-refractivity contribution is 7.97. The monoisotopic (exact) mass is 455 g/mol. The van der Waals surface area contributed by atoms with Crippen LogP contribution in [-0.2, 0) is 13.2 Å². The Morgan fingerprint density at radius 2 is 1.93 bits per heavy atom. The lowest BCUT2D eigenvalue weighted by molar-refractivity contribution is -0.137. The van der Waals surface area contributed by atoms with Crippen molar-refractivity contribution in [3.8, 4) is 10.6 Å². The van der Waals surface area contributed by atoms with Crippen molar-refractivity contribution >= 4 is 29.2 Å². The lowest BCUT2D eigenvalue weighted by Gasteiger charge is -2.30. The fraction of sp³-hybridized carbons (Fsp3) is 0.444. The molecule has 4 rings (SSSR count). The molecule has 0 aliphatic carbocycles. The lowest BCUT2D eigenvalue weighted by Crippen LogP contribution is -2.36. The van der Waals surface area contributed by atoms with Gasteiger partial charge in [-0.2, -0.15) is 13.2 Å². The number of imidazole rings is 1. The molecule has 0 radical (unpaired) electrons. The summed E-state index contributed by atoms with van der Waals surface area (Å²) in [7, 11) is 1.93. The number of alkyl halides is 3. The summed E-state index contributed by atoms with van der Waals surface area (Å²) in [4.78, 5) is 16.9. The number of rotatable bonds is 5. The number of aromatic nitrogens is 5. The van der Waals surface area contributed by atoms with Crippen LogP contribution in [0.5, 0.6) is 0 Å². The van der Waals surface area contributed by atoms with Crippen LogP contribution in [0.15, 0.2) is 29.9 Å². The number of hydrogen-bond donors (Lipinski definition) is 1. The molecule has 7 nitrogen and oxygen atoms in total. The molecular weight excluding hydrogens is 435 g/mol. The number of thiazole rings is 1. The van der Waals surface area contributed by atoms with E-state index in [0.29, 0.717) is 9.88 Å². The maximum absolute atomic E-state index is 13.4. The second-order valence-electron chi connectivity index (χ2n) is 7.01. The fourth-order valence-electron chi connectivity index (χ4n) is 3.16. The molecule has 1 N–H and O–H groups in total. The van der Waals surface area contributed by atoms with Gasteiger partial charge in [0.2, 0.25) is 5.95 Å². The molecule has 1 aliphatic heterocycles. The second-order valence-corrected chi connectivity index (χ2v) is 9.37. The summed E-state index contributed by atoms with van der Waals surface area (Å²) in [6.07, 6.45) is 3.15. The number of piperidine rings is 1. The van der Waals surface area contributed by atoms with E-state index < -0.39 is 11.7 Å². The normalized spacial score (nSPS) is 16.2. The predicted molar refractivity (Wildman–Crippen MR) is 110 cm³/mol. The number of anilines is 1. The second kappa shape index (κ2) is 8.52.